The van der Waals surface area contributed by atoms with Crippen LogP contribution in [0.25, 0.3) is 0 Å². The van der Waals surface area contributed by atoms with Gasteiger partial charge in [0.25, 0.3) is 5.91 Å². The van der Waals surface area contributed by atoms with Gasteiger partial charge in [-0.3, -0.25) is 34.8 Å². The van der Waals surface area contributed by atoms with E-state index in [9.17, 15) is 37.1 Å². The van der Waals surface area contributed by atoms with E-state index < -0.39 is 66.9 Å². The molecule has 5 amide bonds. The van der Waals surface area contributed by atoms with Gasteiger partial charge in [-0.15, -0.1) is 0 Å². The van der Waals surface area contributed by atoms with E-state index in [1.165, 1.54) is 6.92 Å². The van der Waals surface area contributed by atoms with Crippen molar-refractivity contribution in [3.63, 3.8) is 0 Å². The fraction of sp³-hybridized carbons (Fsp3) is 0.452. The number of carbonyl (C=O) groups is 5. The van der Waals surface area contributed by atoms with E-state index in [0.29, 0.717) is 5.56 Å². The minimum Gasteiger partial charge on any atom is -0.384 e. The second-order valence-corrected chi connectivity index (χ2v) is 10.9. The molecule has 246 valence electrons. The summed E-state index contributed by atoms with van der Waals surface area (Å²) in [6, 6.07) is 14.5. The minimum absolute atomic E-state index is 0.0595. The molecule has 0 fully saturated rings. The molecule has 0 saturated heterocycles. The topological polar surface area (TPSA) is 166 Å². The van der Waals surface area contributed by atoms with Crippen LogP contribution in [-0.2, 0) is 36.8 Å². The van der Waals surface area contributed by atoms with Crippen LogP contribution in [-0.4, -0.2) is 65.0 Å². The average molecular weight is 636 g/mol. The van der Waals surface area contributed by atoms with Crippen LogP contribution < -0.4 is 26.8 Å². The second-order valence-electron chi connectivity index (χ2n) is 10.9. The van der Waals surface area contributed by atoms with Crippen molar-refractivity contribution in [1.29, 1.82) is 0 Å². The molecule has 0 spiro atoms. The number of halogens is 3. The van der Waals surface area contributed by atoms with Crippen LogP contribution in [0.3, 0.4) is 0 Å². The molecule has 4 unspecified atom stereocenters. The third kappa shape index (κ3) is 13.4. The Kier molecular flexibility index (Phi) is 14.5. The molecule has 0 aromatic heterocycles. The van der Waals surface area contributed by atoms with Gasteiger partial charge >= 0.3 is 6.18 Å². The van der Waals surface area contributed by atoms with Crippen LogP contribution in [0.2, 0.25) is 0 Å². The molecule has 2 aromatic carbocycles. The van der Waals surface area contributed by atoms with Gasteiger partial charge in [0.2, 0.25) is 23.6 Å². The predicted molar refractivity (Wildman–Crippen MR) is 159 cm³/mol. The van der Waals surface area contributed by atoms with Crippen molar-refractivity contribution in [3.8, 4) is 0 Å². The van der Waals surface area contributed by atoms with E-state index in [2.05, 4.69) is 26.8 Å². The molecule has 0 bridgehead atoms. The van der Waals surface area contributed by atoms with E-state index in [0.717, 1.165) is 5.56 Å². The van der Waals surface area contributed by atoms with Crippen LogP contribution in [0.5, 0.6) is 0 Å². The van der Waals surface area contributed by atoms with E-state index >= 15 is 0 Å². The highest BCUT2D eigenvalue weighted by Gasteiger charge is 2.37. The van der Waals surface area contributed by atoms with Crippen molar-refractivity contribution in [3.05, 3.63) is 71.8 Å². The van der Waals surface area contributed by atoms with Gasteiger partial charge in [-0.1, -0.05) is 74.5 Å². The molecule has 0 aliphatic heterocycles. The number of alkyl halides is 3. The fourth-order valence-corrected chi connectivity index (χ4v) is 4.16. The van der Waals surface area contributed by atoms with Gasteiger partial charge in [0.1, 0.15) is 24.2 Å². The van der Waals surface area contributed by atoms with Crippen LogP contribution in [0.15, 0.2) is 60.7 Å². The first-order valence-corrected chi connectivity index (χ1v) is 14.5. The summed E-state index contributed by atoms with van der Waals surface area (Å²) < 4.78 is 37.2. The summed E-state index contributed by atoms with van der Waals surface area (Å²) in [6.07, 6.45) is -8.57. The third-order valence-electron chi connectivity index (χ3n) is 6.73. The Morgan fingerprint density at radius 2 is 1.31 bits per heavy atom. The Bertz CT molecular complexity index is 1280. The Labute approximate surface area is 259 Å². The zero-order valence-electron chi connectivity index (χ0n) is 25.3. The lowest BCUT2D eigenvalue weighted by molar-refractivity contribution is -0.205. The molecule has 0 radical (unpaired) electrons. The molecular formula is C31H40F3N5O6. The van der Waals surface area contributed by atoms with E-state index in [-0.39, 0.29) is 31.1 Å². The lowest BCUT2D eigenvalue weighted by atomic mass is 10.0. The molecule has 0 heterocycles. The highest BCUT2D eigenvalue weighted by atomic mass is 19.4. The summed E-state index contributed by atoms with van der Waals surface area (Å²) >= 11 is 0. The first kappa shape index (κ1) is 36.7. The second kappa shape index (κ2) is 17.7. The zero-order valence-corrected chi connectivity index (χ0v) is 25.3. The van der Waals surface area contributed by atoms with Crippen molar-refractivity contribution in [2.75, 3.05) is 0 Å². The first-order chi connectivity index (χ1) is 21.2. The Morgan fingerprint density at radius 1 is 0.733 bits per heavy atom. The van der Waals surface area contributed by atoms with Gasteiger partial charge in [0.15, 0.2) is 0 Å². The number of hydrogen-bond donors (Lipinski definition) is 6. The highest BCUT2D eigenvalue weighted by molar-refractivity contribution is 5.95. The van der Waals surface area contributed by atoms with Crippen LogP contribution in [0.4, 0.5) is 13.2 Å². The van der Waals surface area contributed by atoms with Gasteiger partial charge in [0, 0.05) is 12.8 Å². The summed E-state index contributed by atoms with van der Waals surface area (Å²) in [6.45, 7) is 4.83. The molecule has 6 N–H and O–H groups in total. The van der Waals surface area contributed by atoms with Crippen LogP contribution >= 0.6 is 0 Å². The van der Waals surface area contributed by atoms with Gasteiger partial charge in [-0.25, -0.2) is 0 Å². The Morgan fingerprint density at radius 3 is 1.87 bits per heavy atom. The summed E-state index contributed by atoms with van der Waals surface area (Å²) in [5, 5.41) is 16.9. The maximum absolute atomic E-state index is 13.3. The summed E-state index contributed by atoms with van der Waals surface area (Å²) in [5.74, 6) is -3.62. The average Bonchev–Trinajstić information content (AvgIpc) is 2.98. The molecular weight excluding hydrogens is 595 g/mol. The maximum atomic E-state index is 13.3. The van der Waals surface area contributed by atoms with E-state index in [1.54, 1.807) is 68.4 Å². The number of rotatable bonds is 15. The van der Waals surface area contributed by atoms with Crippen LogP contribution in [0, 0.1) is 5.92 Å². The first-order valence-electron chi connectivity index (χ1n) is 14.5. The van der Waals surface area contributed by atoms with Gasteiger partial charge in [0.05, 0.1) is 6.42 Å². The summed E-state index contributed by atoms with van der Waals surface area (Å²) in [5.41, 5.74) is 5.62. The zero-order chi connectivity index (χ0) is 33.6. The van der Waals surface area contributed by atoms with Crippen molar-refractivity contribution in [1.82, 2.24) is 26.8 Å². The Balaban J connectivity index is 2.00. The van der Waals surface area contributed by atoms with Crippen molar-refractivity contribution in [2.24, 2.45) is 5.92 Å². The number of nitrogens with one attached hydrogen (secondary N) is 5. The maximum Gasteiger partial charge on any atom is 0.414 e. The molecule has 0 aliphatic rings. The van der Waals surface area contributed by atoms with Crippen molar-refractivity contribution >= 4 is 29.5 Å². The minimum atomic E-state index is -4.79. The van der Waals surface area contributed by atoms with Crippen LogP contribution in [0.1, 0.15) is 51.2 Å². The van der Waals surface area contributed by atoms with Gasteiger partial charge < -0.3 is 21.1 Å². The van der Waals surface area contributed by atoms with Crippen molar-refractivity contribution < 1.29 is 42.3 Å². The lowest BCUT2D eigenvalue weighted by Crippen LogP contribution is -2.58. The molecule has 2 rings (SSSR count). The smallest absolute Gasteiger partial charge is 0.384 e. The molecule has 11 nitrogen and oxygen atoms in total. The predicted octanol–water partition coefficient (Wildman–Crippen LogP) is 1.84. The molecule has 0 saturated carbocycles. The number of hydrazine groups is 1. The normalized spacial score (nSPS) is 14.0. The highest BCUT2D eigenvalue weighted by Crippen LogP contribution is 2.23. The fourth-order valence-electron chi connectivity index (χ4n) is 4.16. The molecule has 45 heavy (non-hydrogen) atoms. The number of carbonyl (C=O) groups excluding carboxylic acids is 5. The van der Waals surface area contributed by atoms with E-state index in [1.807, 2.05) is 6.07 Å². The molecule has 14 heteroatoms. The number of aliphatic hydroxyl groups excluding tert-OH is 1. The molecule has 2 aromatic rings. The summed E-state index contributed by atoms with van der Waals surface area (Å²) in [7, 11) is 0. The largest absolute Gasteiger partial charge is 0.414 e. The number of amides is 5. The molecule has 0 aliphatic carbocycles. The number of aliphatic hydroxyl groups is 1. The number of hydrogen-bond acceptors (Lipinski definition) is 6. The lowest BCUT2D eigenvalue weighted by Gasteiger charge is -2.26. The quantitative estimate of drug-likeness (QED) is 0.164. The Hall–Kier alpha value is -4.46. The standard InChI is InChI=1S/C31H40F3N5O6/c1-19(2)27(37-26(42)18-22-13-8-5-9-14-22)30(45)36-23(17-21-11-6-4-7-12-21)29(44)35-20(3)28(43)39-38-25(41)16-10-15-24(40)31(32,33)34/h4-9,11-14,19-20,23-24,27,40H,10,15-18H2,1-3H3,(H,35,44)(H,36,45)(H,37,42)(H,38,41)(H,39,43). The summed E-state index contributed by atoms with van der Waals surface area (Å²) in [4.78, 5) is 63.7. The SMILES string of the molecule is CC(NC(=O)C(Cc1ccccc1)NC(=O)C(NC(=O)Cc1ccccc1)C(C)C)C(=O)NNC(=O)CCCC(O)C(F)(F)F. The van der Waals surface area contributed by atoms with Crippen molar-refractivity contribution in [2.45, 2.75) is 83.3 Å². The monoisotopic (exact) mass is 635 g/mol. The number of benzene rings is 2. The third-order valence-corrected chi connectivity index (χ3v) is 6.73. The van der Waals surface area contributed by atoms with E-state index in [4.69, 9.17) is 5.11 Å². The molecule has 4 atom stereocenters. The van der Waals surface area contributed by atoms with Gasteiger partial charge in [-0.2, -0.15) is 13.2 Å². The van der Waals surface area contributed by atoms with Gasteiger partial charge in [-0.05, 0) is 36.8 Å².